The van der Waals surface area contributed by atoms with Crippen molar-refractivity contribution in [3.63, 3.8) is 0 Å². The highest BCUT2D eigenvalue weighted by molar-refractivity contribution is 7.92. The summed E-state index contributed by atoms with van der Waals surface area (Å²) in [6, 6.07) is 11.8. The Kier molecular flexibility index (Phi) is 9.50. The Labute approximate surface area is 256 Å². The van der Waals surface area contributed by atoms with Gasteiger partial charge in [0.1, 0.15) is 23.7 Å². The third kappa shape index (κ3) is 6.56. The van der Waals surface area contributed by atoms with Crippen LogP contribution in [0.15, 0.2) is 56.9 Å². The van der Waals surface area contributed by atoms with Gasteiger partial charge in [-0.2, -0.15) is 0 Å². The number of carbonyl (C=O) groups excluding carboxylic acids is 1. The smallest absolute Gasteiger partial charge is 0.263 e. The number of aromatic nitrogens is 1. The molecule has 1 aliphatic carbocycles. The fourth-order valence-corrected chi connectivity index (χ4v) is 7.16. The van der Waals surface area contributed by atoms with Crippen molar-refractivity contribution in [2.75, 3.05) is 11.3 Å². The van der Waals surface area contributed by atoms with Gasteiger partial charge >= 0.3 is 0 Å². The predicted octanol–water partition coefficient (Wildman–Crippen LogP) is 6.78. The molecule has 0 saturated heterocycles. The molecule has 1 N–H and O–H groups in total. The summed E-state index contributed by atoms with van der Waals surface area (Å²) in [5, 5.41) is 3.82. The summed E-state index contributed by atoms with van der Waals surface area (Å²) in [6.07, 6.45) is 3.37. The first-order chi connectivity index (χ1) is 21.0. The molecule has 9 nitrogen and oxygen atoms in total. The number of hydrogen-bond acceptors (Lipinski definition) is 7. The number of amides is 1. The summed E-state index contributed by atoms with van der Waals surface area (Å²) < 4.78 is 66.1. The normalized spacial score (nSPS) is 16.4. The average Bonchev–Trinajstić information content (AvgIpc) is 3.67. The summed E-state index contributed by atoms with van der Waals surface area (Å²) in [6.45, 7) is 4.81. The first-order valence-electron chi connectivity index (χ1n) is 15.0. The summed E-state index contributed by atoms with van der Waals surface area (Å²) in [5.41, 5.74) is 2.06. The van der Waals surface area contributed by atoms with Crippen LogP contribution in [-0.2, 0) is 32.7 Å². The SMILES string of the molecule is CCCCC1=NC2(CCCC2)C(=O)N1Cc1ccc(-c2ccccc2S(=O)(=O)Nc2noc(C)c2C)c(COCC(F)F)c1. The lowest BCUT2D eigenvalue weighted by atomic mass is 9.96. The molecule has 1 aliphatic heterocycles. The molecule has 1 spiro atoms. The molecule has 12 heteroatoms. The van der Waals surface area contributed by atoms with Crippen molar-refractivity contribution >= 4 is 27.6 Å². The predicted molar refractivity (Wildman–Crippen MR) is 163 cm³/mol. The van der Waals surface area contributed by atoms with E-state index in [1.54, 1.807) is 49.1 Å². The highest BCUT2D eigenvalue weighted by Gasteiger charge is 2.49. The Morgan fingerprint density at radius 3 is 2.55 bits per heavy atom. The van der Waals surface area contributed by atoms with Crippen molar-refractivity contribution in [1.82, 2.24) is 10.1 Å². The Morgan fingerprint density at radius 2 is 1.86 bits per heavy atom. The van der Waals surface area contributed by atoms with Gasteiger partial charge in [0, 0.05) is 17.5 Å². The number of sulfonamides is 1. The van der Waals surface area contributed by atoms with Gasteiger partial charge in [0.2, 0.25) is 0 Å². The zero-order valence-electron chi connectivity index (χ0n) is 25.2. The number of aliphatic imine (C=N–C) groups is 1. The summed E-state index contributed by atoms with van der Waals surface area (Å²) >= 11 is 0. The Balaban J connectivity index is 1.50. The van der Waals surface area contributed by atoms with Crippen LogP contribution < -0.4 is 4.72 Å². The van der Waals surface area contributed by atoms with Gasteiger partial charge < -0.3 is 9.26 Å². The molecule has 1 aromatic heterocycles. The Morgan fingerprint density at radius 1 is 1.11 bits per heavy atom. The molecule has 1 amide bonds. The van der Waals surface area contributed by atoms with Crippen LogP contribution in [0.2, 0.25) is 0 Å². The average molecular weight is 629 g/mol. The maximum Gasteiger partial charge on any atom is 0.263 e. The summed E-state index contributed by atoms with van der Waals surface area (Å²) in [5.74, 6) is 1.38. The van der Waals surface area contributed by atoms with Gasteiger partial charge in [0.05, 0.1) is 18.0 Å². The molecular formula is C32H38F2N4O5S. The van der Waals surface area contributed by atoms with Gasteiger partial charge in [0.15, 0.2) is 5.82 Å². The van der Waals surface area contributed by atoms with E-state index in [1.165, 1.54) is 6.07 Å². The number of aryl methyl sites for hydroxylation is 1. The molecule has 3 aromatic rings. The van der Waals surface area contributed by atoms with Crippen molar-refractivity contribution in [3.05, 3.63) is 64.9 Å². The number of benzene rings is 2. The fourth-order valence-electron chi connectivity index (χ4n) is 5.88. The number of nitrogens with one attached hydrogen (secondary N) is 1. The third-order valence-electron chi connectivity index (χ3n) is 8.35. The number of amidine groups is 1. The minimum absolute atomic E-state index is 0.0154. The molecule has 1 saturated carbocycles. The first-order valence-corrected chi connectivity index (χ1v) is 16.5. The van der Waals surface area contributed by atoms with Crippen molar-refractivity contribution in [1.29, 1.82) is 0 Å². The van der Waals surface area contributed by atoms with E-state index in [9.17, 15) is 22.0 Å². The number of anilines is 1. The van der Waals surface area contributed by atoms with Gasteiger partial charge in [0.25, 0.3) is 22.4 Å². The number of rotatable bonds is 13. The van der Waals surface area contributed by atoms with Gasteiger partial charge in [-0.15, -0.1) is 0 Å². The van der Waals surface area contributed by atoms with E-state index >= 15 is 0 Å². The van der Waals surface area contributed by atoms with Crippen LogP contribution in [0.25, 0.3) is 11.1 Å². The second-order valence-electron chi connectivity index (χ2n) is 11.5. The fraction of sp³-hybridized carbons (Fsp3) is 0.469. The molecule has 0 unspecified atom stereocenters. The Hall–Kier alpha value is -3.64. The lowest BCUT2D eigenvalue weighted by Gasteiger charge is -2.23. The molecule has 1 fully saturated rings. The van der Waals surface area contributed by atoms with Gasteiger partial charge in [-0.05, 0) is 55.9 Å². The number of nitrogens with zero attached hydrogens (tertiary/aromatic N) is 3. The van der Waals surface area contributed by atoms with Crippen molar-refractivity contribution < 1.29 is 31.3 Å². The quantitative estimate of drug-likeness (QED) is 0.223. The minimum Gasteiger partial charge on any atom is -0.371 e. The second-order valence-corrected chi connectivity index (χ2v) is 13.1. The molecule has 2 aromatic carbocycles. The third-order valence-corrected chi connectivity index (χ3v) is 9.75. The maximum absolute atomic E-state index is 13.7. The van der Waals surface area contributed by atoms with Gasteiger partial charge in [-0.25, -0.2) is 17.2 Å². The minimum atomic E-state index is -4.12. The topological polar surface area (TPSA) is 114 Å². The number of carbonyl (C=O) groups is 1. The van der Waals surface area contributed by atoms with Crippen LogP contribution in [-0.4, -0.2) is 48.8 Å². The largest absolute Gasteiger partial charge is 0.371 e. The Bertz CT molecular complexity index is 1650. The summed E-state index contributed by atoms with van der Waals surface area (Å²) in [7, 11) is -4.12. The lowest BCUT2D eigenvalue weighted by Crippen LogP contribution is -2.40. The van der Waals surface area contributed by atoms with Crippen LogP contribution in [0.4, 0.5) is 14.6 Å². The number of halogens is 2. The monoisotopic (exact) mass is 628 g/mol. The van der Waals surface area contributed by atoms with Crippen molar-refractivity contribution in [2.45, 2.75) is 95.7 Å². The molecule has 44 heavy (non-hydrogen) atoms. The van der Waals surface area contributed by atoms with Crippen LogP contribution >= 0.6 is 0 Å². The molecule has 5 rings (SSSR count). The zero-order valence-corrected chi connectivity index (χ0v) is 26.1. The maximum atomic E-state index is 13.7. The molecule has 2 heterocycles. The molecule has 0 radical (unpaired) electrons. The lowest BCUT2D eigenvalue weighted by molar-refractivity contribution is -0.131. The van der Waals surface area contributed by atoms with Gasteiger partial charge in [-0.1, -0.05) is 67.7 Å². The van der Waals surface area contributed by atoms with Crippen LogP contribution in [0.3, 0.4) is 0 Å². The van der Waals surface area contributed by atoms with E-state index in [-0.39, 0.29) is 29.8 Å². The van der Waals surface area contributed by atoms with E-state index in [1.807, 2.05) is 6.07 Å². The summed E-state index contributed by atoms with van der Waals surface area (Å²) in [4.78, 5) is 20.4. The van der Waals surface area contributed by atoms with Gasteiger partial charge in [-0.3, -0.25) is 19.4 Å². The molecule has 0 bridgehead atoms. The van der Waals surface area contributed by atoms with E-state index in [2.05, 4.69) is 16.8 Å². The zero-order chi connectivity index (χ0) is 31.5. The highest BCUT2D eigenvalue weighted by Crippen LogP contribution is 2.40. The standard InChI is InChI=1S/C32H38F2N4O5S/c1-4-5-12-29-35-32(15-8-9-16-32)31(39)38(29)18-23-13-14-25(24(17-23)19-42-20-28(33)34)26-10-6-7-11-27(26)44(40,41)37-30-21(2)22(3)43-36-30/h6-7,10-11,13-14,17,28H,4-5,8-9,12,15-16,18-20H2,1-3H3,(H,36,37). The molecular weight excluding hydrogens is 590 g/mol. The number of unbranched alkanes of at least 4 members (excludes halogenated alkanes) is 1. The van der Waals surface area contributed by atoms with Crippen LogP contribution in [0, 0.1) is 13.8 Å². The van der Waals surface area contributed by atoms with Crippen molar-refractivity contribution in [2.24, 2.45) is 4.99 Å². The van der Waals surface area contributed by atoms with E-state index < -0.39 is 28.6 Å². The van der Waals surface area contributed by atoms with Crippen LogP contribution in [0.5, 0.6) is 0 Å². The van der Waals surface area contributed by atoms with Crippen molar-refractivity contribution in [3.8, 4) is 11.1 Å². The molecule has 0 atom stereocenters. The first kappa shape index (κ1) is 31.8. The second kappa shape index (κ2) is 13.2. The number of ether oxygens (including phenoxy) is 1. The van der Waals surface area contributed by atoms with E-state index in [0.717, 1.165) is 49.9 Å². The van der Waals surface area contributed by atoms with E-state index in [0.29, 0.717) is 34.4 Å². The molecule has 236 valence electrons. The highest BCUT2D eigenvalue weighted by atomic mass is 32.2. The number of hydrogen-bond donors (Lipinski definition) is 1. The number of alkyl halides is 2. The molecule has 2 aliphatic rings. The van der Waals surface area contributed by atoms with E-state index in [4.69, 9.17) is 14.3 Å². The van der Waals surface area contributed by atoms with Crippen LogP contribution in [0.1, 0.15) is 74.3 Å².